The van der Waals surface area contributed by atoms with E-state index in [0.717, 1.165) is 0 Å². The van der Waals surface area contributed by atoms with Crippen molar-refractivity contribution in [3.8, 4) is 0 Å². The van der Waals surface area contributed by atoms with Crippen LogP contribution in [0.25, 0.3) is 0 Å². The van der Waals surface area contributed by atoms with Crippen molar-refractivity contribution in [3.63, 3.8) is 0 Å². The van der Waals surface area contributed by atoms with Gasteiger partial charge in [0.05, 0.1) is 5.71 Å². The second-order valence-corrected chi connectivity index (χ2v) is 1.73. The maximum Gasteiger partial charge on any atom is 0.326 e. The molecular formula is C5H10N2O3. The lowest BCUT2D eigenvalue weighted by atomic mass is 10.2. The van der Waals surface area contributed by atoms with Crippen LogP contribution >= 0.6 is 0 Å². The molecule has 0 aliphatic carbocycles. The number of nitrogens with two attached hydrogens (primary N) is 1. The van der Waals surface area contributed by atoms with E-state index in [9.17, 15) is 4.79 Å². The first-order valence-corrected chi connectivity index (χ1v) is 2.65. The summed E-state index contributed by atoms with van der Waals surface area (Å²) in [7, 11) is 1.33. The van der Waals surface area contributed by atoms with E-state index in [-0.39, 0.29) is 5.71 Å². The number of aliphatic carboxylic acids is 1. The minimum atomic E-state index is -1.11. The lowest BCUT2D eigenvalue weighted by Gasteiger charge is -2.02. The number of oxime groups is 1. The standard InChI is InChI=1S/C5H10N2O3/c1-3(7-10-2)4(6)5(8)9/h4H,6H2,1-2H3,(H,8,9)/b7-3+/t4-/m0/s1. The van der Waals surface area contributed by atoms with Crippen LogP contribution in [0.1, 0.15) is 6.92 Å². The second kappa shape index (κ2) is 3.84. The molecule has 1 atom stereocenters. The highest BCUT2D eigenvalue weighted by atomic mass is 16.6. The molecule has 0 aliphatic rings. The van der Waals surface area contributed by atoms with Crippen molar-refractivity contribution >= 4 is 11.7 Å². The molecule has 58 valence electrons. The van der Waals surface area contributed by atoms with Gasteiger partial charge in [-0.15, -0.1) is 0 Å². The van der Waals surface area contributed by atoms with Gasteiger partial charge in [-0.25, -0.2) is 0 Å². The fourth-order valence-electron chi connectivity index (χ4n) is 0.379. The molecule has 0 aromatic carbocycles. The maximum absolute atomic E-state index is 10.2. The number of nitrogens with zero attached hydrogens (tertiary/aromatic N) is 1. The minimum Gasteiger partial charge on any atom is -0.480 e. The van der Waals surface area contributed by atoms with Crippen molar-refractivity contribution in [1.82, 2.24) is 0 Å². The van der Waals surface area contributed by atoms with Crippen molar-refractivity contribution in [2.45, 2.75) is 13.0 Å². The van der Waals surface area contributed by atoms with E-state index in [2.05, 4.69) is 9.99 Å². The summed E-state index contributed by atoms with van der Waals surface area (Å²) in [6.45, 7) is 1.49. The average Bonchev–Trinajstić information content (AvgIpc) is 1.87. The van der Waals surface area contributed by atoms with Crippen molar-refractivity contribution < 1.29 is 14.7 Å². The first-order valence-electron chi connectivity index (χ1n) is 2.65. The summed E-state index contributed by atoms with van der Waals surface area (Å²) in [5.41, 5.74) is 5.38. The SMILES string of the molecule is CO/N=C(\C)[C@H](N)C(=O)O. The molecule has 0 fully saturated rings. The lowest BCUT2D eigenvalue weighted by Crippen LogP contribution is -2.37. The van der Waals surface area contributed by atoms with Gasteiger partial charge in [0.2, 0.25) is 0 Å². The van der Waals surface area contributed by atoms with Crippen molar-refractivity contribution in [3.05, 3.63) is 0 Å². The molecule has 0 aromatic heterocycles. The zero-order valence-electron chi connectivity index (χ0n) is 5.87. The number of rotatable bonds is 3. The van der Waals surface area contributed by atoms with E-state index in [1.807, 2.05) is 0 Å². The van der Waals surface area contributed by atoms with Crippen molar-refractivity contribution in [2.24, 2.45) is 10.9 Å². The van der Waals surface area contributed by atoms with E-state index < -0.39 is 12.0 Å². The first-order chi connectivity index (χ1) is 4.59. The lowest BCUT2D eigenvalue weighted by molar-refractivity contribution is -0.136. The predicted molar refractivity (Wildman–Crippen MR) is 35.7 cm³/mol. The minimum absolute atomic E-state index is 0.245. The molecule has 0 rings (SSSR count). The molecule has 0 unspecified atom stereocenters. The maximum atomic E-state index is 10.2. The molecule has 0 saturated carbocycles. The van der Waals surface area contributed by atoms with Crippen LogP contribution in [-0.4, -0.2) is 29.9 Å². The van der Waals surface area contributed by atoms with E-state index in [0.29, 0.717) is 0 Å². The average molecular weight is 146 g/mol. The molecule has 5 nitrogen and oxygen atoms in total. The Morgan fingerprint density at radius 2 is 2.30 bits per heavy atom. The number of hydrogen-bond acceptors (Lipinski definition) is 4. The third kappa shape index (κ3) is 2.45. The zero-order valence-corrected chi connectivity index (χ0v) is 5.87. The Bertz CT molecular complexity index is 155. The number of hydrogen-bond donors (Lipinski definition) is 2. The quantitative estimate of drug-likeness (QED) is 0.412. The Morgan fingerprint density at radius 1 is 1.80 bits per heavy atom. The highest BCUT2D eigenvalue weighted by Crippen LogP contribution is 1.85. The molecule has 0 radical (unpaired) electrons. The summed E-state index contributed by atoms with van der Waals surface area (Å²) in [5.74, 6) is -1.11. The molecule has 0 aromatic rings. The van der Waals surface area contributed by atoms with Crippen LogP contribution in [-0.2, 0) is 9.63 Å². The normalized spacial score (nSPS) is 14.5. The van der Waals surface area contributed by atoms with Crippen LogP contribution in [0.5, 0.6) is 0 Å². The Labute approximate surface area is 58.5 Å². The van der Waals surface area contributed by atoms with Gasteiger partial charge in [-0.05, 0) is 6.92 Å². The topological polar surface area (TPSA) is 84.9 Å². The third-order valence-electron chi connectivity index (χ3n) is 0.951. The van der Waals surface area contributed by atoms with Crippen LogP contribution in [0.3, 0.4) is 0 Å². The van der Waals surface area contributed by atoms with Gasteiger partial charge in [-0.3, -0.25) is 4.79 Å². The summed E-state index contributed by atoms with van der Waals surface area (Å²) in [5, 5.41) is 11.7. The van der Waals surface area contributed by atoms with Gasteiger partial charge < -0.3 is 15.7 Å². The van der Waals surface area contributed by atoms with Crippen molar-refractivity contribution in [2.75, 3.05) is 7.11 Å². The highest BCUT2D eigenvalue weighted by Gasteiger charge is 2.14. The summed E-state index contributed by atoms with van der Waals surface area (Å²) in [6, 6.07) is -1.07. The van der Waals surface area contributed by atoms with Gasteiger partial charge in [0.15, 0.2) is 0 Å². The Kier molecular flexibility index (Phi) is 3.42. The first kappa shape index (κ1) is 8.90. The van der Waals surface area contributed by atoms with Gasteiger partial charge in [0, 0.05) is 0 Å². The monoisotopic (exact) mass is 146 g/mol. The molecule has 0 heterocycles. The molecule has 0 saturated heterocycles. The van der Waals surface area contributed by atoms with Crippen molar-refractivity contribution in [1.29, 1.82) is 0 Å². The van der Waals surface area contributed by atoms with Crippen LogP contribution in [0.2, 0.25) is 0 Å². The predicted octanol–water partition coefficient (Wildman–Crippen LogP) is -0.579. The van der Waals surface area contributed by atoms with Gasteiger partial charge in [-0.2, -0.15) is 0 Å². The summed E-state index contributed by atoms with van der Waals surface area (Å²) < 4.78 is 0. The van der Waals surface area contributed by atoms with E-state index >= 15 is 0 Å². The Balaban J connectivity index is 4.06. The van der Waals surface area contributed by atoms with Crippen LogP contribution in [0, 0.1) is 0 Å². The van der Waals surface area contributed by atoms with Crippen LogP contribution in [0.4, 0.5) is 0 Å². The highest BCUT2D eigenvalue weighted by molar-refractivity contribution is 6.03. The van der Waals surface area contributed by atoms with Gasteiger partial charge in [0.1, 0.15) is 13.2 Å². The molecule has 0 aliphatic heterocycles. The smallest absolute Gasteiger partial charge is 0.326 e. The zero-order chi connectivity index (χ0) is 8.15. The summed E-state index contributed by atoms with van der Waals surface area (Å²) in [6.07, 6.45) is 0. The molecule has 10 heavy (non-hydrogen) atoms. The van der Waals surface area contributed by atoms with Crippen LogP contribution < -0.4 is 5.73 Å². The van der Waals surface area contributed by atoms with Gasteiger partial charge >= 0.3 is 5.97 Å². The number of carbonyl (C=O) groups is 1. The fourth-order valence-corrected chi connectivity index (χ4v) is 0.379. The second-order valence-electron chi connectivity index (χ2n) is 1.73. The van der Waals surface area contributed by atoms with E-state index in [4.69, 9.17) is 10.8 Å². The Morgan fingerprint density at radius 3 is 2.60 bits per heavy atom. The molecule has 0 amide bonds. The van der Waals surface area contributed by atoms with E-state index in [1.54, 1.807) is 0 Å². The molecule has 0 bridgehead atoms. The number of carboxylic acid groups (broad SMARTS) is 1. The summed E-state index contributed by atoms with van der Waals surface area (Å²) in [4.78, 5) is 14.5. The molecule has 0 spiro atoms. The third-order valence-corrected chi connectivity index (χ3v) is 0.951. The molecule has 3 N–H and O–H groups in total. The van der Waals surface area contributed by atoms with Gasteiger partial charge in [-0.1, -0.05) is 5.16 Å². The Hall–Kier alpha value is -1.10. The molecular weight excluding hydrogens is 136 g/mol. The summed E-state index contributed by atoms with van der Waals surface area (Å²) >= 11 is 0. The van der Waals surface area contributed by atoms with Gasteiger partial charge in [0.25, 0.3) is 0 Å². The molecule has 5 heteroatoms. The van der Waals surface area contributed by atoms with E-state index in [1.165, 1.54) is 14.0 Å². The van der Waals surface area contributed by atoms with Crippen LogP contribution in [0.15, 0.2) is 5.16 Å². The fraction of sp³-hybridized carbons (Fsp3) is 0.600. The number of carboxylic acids is 1. The largest absolute Gasteiger partial charge is 0.480 e.